The van der Waals surface area contributed by atoms with E-state index in [1.165, 1.54) is 6.42 Å². The molecule has 0 aliphatic carbocycles. The van der Waals surface area contributed by atoms with Crippen molar-refractivity contribution in [3.05, 3.63) is 48.0 Å². The van der Waals surface area contributed by atoms with Crippen molar-refractivity contribution in [3.63, 3.8) is 0 Å². The second-order valence-corrected chi connectivity index (χ2v) is 6.68. The van der Waals surface area contributed by atoms with Gasteiger partial charge in [-0.05, 0) is 38.7 Å². The fourth-order valence-corrected chi connectivity index (χ4v) is 3.67. The van der Waals surface area contributed by atoms with Gasteiger partial charge in [0.1, 0.15) is 11.6 Å². The van der Waals surface area contributed by atoms with Crippen LogP contribution in [0.1, 0.15) is 37.1 Å². The summed E-state index contributed by atoms with van der Waals surface area (Å²) in [6.07, 6.45) is 8.62. The minimum Gasteiger partial charge on any atom is -0.496 e. The summed E-state index contributed by atoms with van der Waals surface area (Å²) in [5.74, 6) is 2.03. The molecule has 1 aliphatic rings. The lowest BCUT2D eigenvalue weighted by Crippen LogP contribution is -2.45. The Bertz CT molecular complexity index is 710. The first-order chi connectivity index (χ1) is 12.2. The van der Waals surface area contributed by atoms with E-state index < -0.39 is 0 Å². The van der Waals surface area contributed by atoms with Crippen molar-refractivity contribution in [2.75, 3.05) is 13.7 Å². The first-order valence-corrected chi connectivity index (χ1v) is 9.08. The van der Waals surface area contributed by atoms with E-state index in [0.717, 1.165) is 49.5 Å². The fourth-order valence-electron chi connectivity index (χ4n) is 3.67. The van der Waals surface area contributed by atoms with Gasteiger partial charge in [-0.1, -0.05) is 18.2 Å². The third kappa shape index (κ3) is 4.21. The molecule has 0 bridgehead atoms. The van der Waals surface area contributed by atoms with Gasteiger partial charge in [-0.3, -0.25) is 4.79 Å². The molecule has 134 valence electrons. The number of rotatable bonds is 6. The highest BCUT2D eigenvalue weighted by molar-refractivity contribution is 5.80. The maximum Gasteiger partial charge on any atom is 0.227 e. The Morgan fingerprint density at radius 1 is 1.32 bits per heavy atom. The van der Waals surface area contributed by atoms with Gasteiger partial charge in [0, 0.05) is 37.1 Å². The van der Waals surface area contributed by atoms with Crippen molar-refractivity contribution in [1.82, 2.24) is 14.5 Å². The molecule has 25 heavy (non-hydrogen) atoms. The van der Waals surface area contributed by atoms with Crippen LogP contribution in [0.5, 0.6) is 5.75 Å². The van der Waals surface area contributed by atoms with Gasteiger partial charge >= 0.3 is 0 Å². The molecule has 5 nitrogen and oxygen atoms in total. The standard InChI is InChI=1S/C20H27N3O2/c1-16-21-11-14-22(16)13-10-18-8-5-6-12-23(18)20(24)15-17-7-3-4-9-19(17)25-2/h3-4,7,9,11,14,18H,5-6,8,10,12-13,15H2,1-2H3/t18-/m1/s1. The summed E-state index contributed by atoms with van der Waals surface area (Å²) in [7, 11) is 1.65. The molecular weight excluding hydrogens is 314 g/mol. The molecule has 1 saturated heterocycles. The van der Waals surface area contributed by atoms with Gasteiger partial charge in [-0.25, -0.2) is 4.98 Å². The molecule has 1 aliphatic heterocycles. The Labute approximate surface area is 149 Å². The molecule has 1 aromatic carbocycles. The van der Waals surface area contributed by atoms with Gasteiger partial charge in [0.05, 0.1) is 13.5 Å². The molecule has 0 saturated carbocycles. The first-order valence-electron chi connectivity index (χ1n) is 9.08. The van der Waals surface area contributed by atoms with Crippen molar-refractivity contribution in [1.29, 1.82) is 0 Å². The topological polar surface area (TPSA) is 47.4 Å². The molecule has 2 aromatic rings. The molecular formula is C20H27N3O2. The van der Waals surface area contributed by atoms with Crippen molar-refractivity contribution < 1.29 is 9.53 Å². The summed E-state index contributed by atoms with van der Waals surface area (Å²) >= 11 is 0. The summed E-state index contributed by atoms with van der Waals surface area (Å²) in [5, 5.41) is 0. The van der Waals surface area contributed by atoms with Crippen LogP contribution in [0.15, 0.2) is 36.7 Å². The molecule has 3 rings (SSSR count). The third-order valence-corrected chi connectivity index (χ3v) is 5.11. The second kappa shape index (κ2) is 8.19. The highest BCUT2D eigenvalue weighted by Crippen LogP contribution is 2.24. The number of methoxy groups -OCH3 is 1. The Morgan fingerprint density at radius 2 is 2.16 bits per heavy atom. The Hall–Kier alpha value is -2.30. The quantitative estimate of drug-likeness (QED) is 0.810. The number of aryl methyl sites for hydroxylation is 2. The number of benzene rings is 1. The van der Waals surface area contributed by atoms with E-state index in [4.69, 9.17) is 4.74 Å². The van der Waals surface area contributed by atoms with E-state index in [-0.39, 0.29) is 5.91 Å². The smallest absolute Gasteiger partial charge is 0.227 e. The highest BCUT2D eigenvalue weighted by atomic mass is 16.5. The van der Waals surface area contributed by atoms with E-state index in [2.05, 4.69) is 14.5 Å². The van der Waals surface area contributed by atoms with Gasteiger partial charge in [-0.2, -0.15) is 0 Å². The average Bonchev–Trinajstić information content (AvgIpc) is 3.05. The number of hydrogen-bond acceptors (Lipinski definition) is 3. The van der Waals surface area contributed by atoms with Crippen LogP contribution in [0.3, 0.4) is 0 Å². The van der Waals surface area contributed by atoms with Crippen LogP contribution in [-0.2, 0) is 17.8 Å². The molecule has 5 heteroatoms. The third-order valence-electron chi connectivity index (χ3n) is 5.11. The highest BCUT2D eigenvalue weighted by Gasteiger charge is 2.27. The zero-order valence-corrected chi connectivity index (χ0v) is 15.1. The van der Waals surface area contributed by atoms with Gasteiger partial charge in [0.25, 0.3) is 0 Å². The molecule has 2 heterocycles. The lowest BCUT2D eigenvalue weighted by atomic mass is 9.98. The minimum absolute atomic E-state index is 0.205. The van der Waals surface area contributed by atoms with E-state index in [0.29, 0.717) is 12.5 Å². The lowest BCUT2D eigenvalue weighted by molar-refractivity contribution is -0.134. The van der Waals surface area contributed by atoms with Crippen LogP contribution < -0.4 is 4.74 Å². The summed E-state index contributed by atoms with van der Waals surface area (Å²) in [5.41, 5.74) is 0.963. The Morgan fingerprint density at radius 3 is 2.92 bits per heavy atom. The molecule has 0 spiro atoms. The lowest BCUT2D eigenvalue weighted by Gasteiger charge is -2.36. The number of likely N-dealkylation sites (tertiary alicyclic amines) is 1. The Kier molecular flexibility index (Phi) is 5.74. The zero-order chi connectivity index (χ0) is 17.6. The number of amides is 1. The van der Waals surface area contributed by atoms with Gasteiger partial charge < -0.3 is 14.2 Å². The normalized spacial score (nSPS) is 17.5. The number of piperidine rings is 1. The van der Waals surface area contributed by atoms with Crippen LogP contribution >= 0.6 is 0 Å². The largest absolute Gasteiger partial charge is 0.496 e. The summed E-state index contributed by atoms with van der Waals surface area (Å²) < 4.78 is 7.55. The van der Waals surface area contributed by atoms with E-state index >= 15 is 0 Å². The van der Waals surface area contributed by atoms with Crippen molar-refractivity contribution in [3.8, 4) is 5.75 Å². The van der Waals surface area contributed by atoms with E-state index in [1.807, 2.05) is 43.6 Å². The van der Waals surface area contributed by atoms with Gasteiger partial charge in [-0.15, -0.1) is 0 Å². The number of hydrogen-bond donors (Lipinski definition) is 0. The maximum atomic E-state index is 12.9. The van der Waals surface area contributed by atoms with Crippen molar-refractivity contribution >= 4 is 5.91 Å². The molecule has 0 radical (unpaired) electrons. The number of nitrogens with zero attached hydrogens (tertiary/aromatic N) is 3. The number of carbonyl (C=O) groups excluding carboxylic acids is 1. The molecule has 0 unspecified atom stereocenters. The van der Waals surface area contributed by atoms with Crippen LogP contribution in [0, 0.1) is 6.92 Å². The van der Waals surface area contributed by atoms with Crippen molar-refractivity contribution in [2.45, 2.75) is 51.6 Å². The van der Waals surface area contributed by atoms with E-state index in [9.17, 15) is 4.79 Å². The molecule has 1 aromatic heterocycles. The van der Waals surface area contributed by atoms with Gasteiger partial charge in [0.15, 0.2) is 0 Å². The average molecular weight is 341 g/mol. The maximum absolute atomic E-state index is 12.9. The van der Waals surface area contributed by atoms with Crippen LogP contribution in [0.25, 0.3) is 0 Å². The first kappa shape index (κ1) is 17.5. The van der Waals surface area contributed by atoms with Gasteiger partial charge in [0.2, 0.25) is 5.91 Å². The number of aromatic nitrogens is 2. The predicted octanol–water partition coefficient (Wildman–Crippen LogP) is 3.21. The second-order valence-electron chi connectivity index (χ2n) is 6.68. The Balaban J connectivity index is 1.65. The van der Waals surface area contributed by atoms with Crippen LogP contribution in [0.4, 0.5) is 0 Å². The van der Waals surface area contributed by atoms with Crippen LogP contribution in [-0.4, -0.2) is 40.1 Å². The zero-order valence-electron chi connectivity index (χ0n) is 15.1. The molecule has 1 amide bonds. The molecule has 1 atom stereocenters. The van der Waals surface area contributed by atoms with Crippen LogP contribution in [0.2, 0.25) is 0 Å². The number of para-hydroxylation sites is 1. The summed E-state index contributed by atoms with van der Waals surface area (Å²) in [6.45, 7) is 3.79. The SMILES string of the molecule is COc1ccccc1CC(=O)N1CCCC[C@@H]1CCn1ccnc1C. The monoisotopic (exact) mass is 341 g/mol. The number of ether oxygens (including phenoxy) is 1. The molecule has 1 fully saturated rings. The summed E-state index contributed by atoms with van der Waals surface area (Å²) in [6, 6.07) is 8.10. The van der Waals surface area contributed by atoms with Crippen molar-refractivity contribution in [2.24, 2.45) is 0 Å². The molecule has 0 N–H and O–H groups in total. The predicted molar refractivity (Wildman–Crippen MR) is 97.6 cm³/mol. The number of imidazole rings is 1. The summed E-state index contributed by atoms with van der Waals surface area (Å²) in [4.78, 5) is 19.3. The van der Waals surface area contributed by atoms with E-state index in [1.54, 1.807) is 7.11 Å². The number of carbonyl (C=O) groups is 1. The fraction of sp³-hybridized carbons (Fsp3) is 0.500. The minimum atomic E-state index is 0.205.